The van der Waals surface area contributed by atoms with Crippen LogP contribution >= 0.6 is 0 Å². The maximum absolute atomic E-state index is 13.0. The van der Waals surface area contributed by atoms with Crippen molar-refractivity contribution >= 4 is 5.69 Å². The molecule has 116 valence electrons. The van der Waals surface area contributed by atoms with Gasteiger partial charge in [0.05, 0.1) is 18.3 Å². The Morgan fingerprint density at radius 2 is 1.70 bits per heavy atom. The number of hydrogen-bond acceptors (Lipinski definition) is 3. The molecule has 1 atom stereocenters. The summed E-state index contributed by atoms with van der Waals surface area (Å²) in [7, 11) is 0. The molecule has 0 fully saturated rings. The van der Waals surface area contributed by atoms with Crippen molar-refractivity contribution in [1.29, 1.82) is 0 Å². The van der Waals surface area contributed by atoms with Gasteiger partial charge in [-0.05, 0) is 29.3 Å². The summed E-state index contributed by atoms with van der Waals surface area (Å²) < 4.78 is 13.0. The lowest BCUT2D eigenvalue weighted by Gasteiger charge is -2.18. The molecule has 0 amide bonds. The van der Waals surface area contributed by atoms with Gasteiger partial charge in [-0.3, -0.25) is 4.98 Å². The van der Waals surface area contributed by atoms with Crippen LogP contribution in [0.4, 0.5) is 10.1 Å². The quantitative estimate of drug-likeness (QED) is 0.748. The van der Waals surface area contributed by atoms with Crippen LogP contribution in [-0.2, 0) is 0 Å². The highest BCUT2D eigenvalue weighted by Crippen LogP contribution is 2.24. The Labute approximate surface area is 134 Å². The molecule has 0 spiro atoms. The summed E-state index contributed by atoms with van der Waals surface area (Å²) in [5.74, 6) is -0.264. The zero-order valence-corrected chi connectivity index (χ0v) is 12.5. The van der Waals surface area contributed by atoms with Crippen LogP contribution in [0.5, 0.6) is 0 Å². The molecule has 0 aliphatic carbocycles. The number of pyridine rings is 1. The predicted molar refractivity (Wildman–Crippen MR) is 89.5 cm³/mol. The summed E-state index contributed by atoms with van der Waals surface area (Å²) in [6, 6.07) is 17.8. The largest absolute Gasteiger partial charge is 0.394 e. The van der Waals surface area contributed by atoms with E-state index in [1.807, 2.05) is 36.4 Å². The first kappa shape index (κ1) is 15.2. The van der Waals surface area contributed by atoms with Crippen LogP contribution < -0.4 is 5.32 Å². The zero-order valence-electron chi connectivity index (χ0n) is 12.5. The summed E-state index contributed by atoms with van der Waals surface area (Å²) >= 11 is 0. The number of benzene rings is 2. The molecule has 23 heavy (non-hydrogen) atoms. The second-order valence-corrected chi connectivity index (χ2v) is 5.26. The van der Waals surface area contributed by atoms with E-state index in [2.05, 4.69) is 10.3 Å². The Hall–Kier alpha value is -2.72. The Morgan fingerprint density at radius 3 is 2.39 bits per heavy atom. The van der Waals surface area contributed by atoms with Crippen LogP contribution in [0.15, 0.2) is 73.1 Å². The van der Waals surface area contributed by atoms with Crippen molar-refractivity contribution in [3.63, 3.8) is 0 Å². The molecule has 3 rings (SSSR count). The number of halogens is 1. The van der Waals surface area contributed by atoms with Gasteiger partial charge in [0.25, 0.3) is 0 Å². The fraction of sp³-hybridized carbons (Fsp3) is 0.105. The number of nitrogens with zero attached hydrogens (tertiary/aromatic N) is 1. The molecule has 1 unspecified atom stereocenters. The van der Waals surface area contributed by atoms with Crippen molar-refractivity contribution in [2.45, 2.75) is 6.04 Å². The van der Waals surface area contributed by atoms with Crippen molar-refractivity contribution in [2.24, 2.45) is 0 Å². The first-order valence-corrected chi connectivity index (χ1v) is 7.39. The van der Waals surface area contributed by atoms with E-state index < -0.39 is 0 Å². The smallest absolute Gasteiger partial charge is 0.123 e. The molecule has 2 N–H and O–H groups in total. The number of anilines is 1. The SMILES string of the molecule is OCC(Nc1cncc(-c2ccc(F)cc2)c1)c1ccccc1. The highest BCUT2D eigenvalue weighted by Gasteiger charge is 2.10. The Bertz CT molecular complexity index is 760. The topological polar surface area (TPSA) is 45.1 Å². The number of aliphatic hydroxyl groups is 1. The lowest BCUT2D eigenvalue weighted by atomic mass is 10.1. The van der Waals surface area contributed by atoms with Crippen molar-refractivity contribution in [2.75, 3.05) is 11.9 Å². The van der Waals surface area contributed by atoms with Crippen LogP contribution in [0, 0.1) is 5.82 Å². The molecule has 2 aromatic carbocycles. The van der Waals surface area contributed by atoms with Gasteiger partial charge in [0.1, 0.15) is 5.82 Å². The number of hydrogen-bond donors (Lipinski definition) is 2. The van der Waals surface area contributed by atoms with E-state index in [4.69, 9.17) is 0 Å². The molecular weight excluding hydrogens is 291 g/mol. The summed E-state index contributed by atoms with van der Waals surface area (Å²) in [5.41, 5.74) is 3.58. The van der Waals surface area contributed by atoms with E-state index in [-0.39, 0.29) is 18.5 Å². The molecule has 0 bridgehead atoms. The van der Waals surface area contributed by atoms with Gasteiger partial charge >= 0.3 is 0 Å². The van der Waals surface area contributed by atoms with Crippen LogP contribution in [0.25, 0.3) is 11.1 Å². The monoisotopic (exact) mass is 308 g/mol. The Balaban J connectivity index is 1.83. The molecule has 0 radical (unpaired) electrons. The molecule has 0 saturated heterocycles. The number of aromatic nitrogens is 1. The second-order valence-electron chi connectivity index (χ2n) is 5.26. The summed E-state index contributed by atoms with van der Waals surface area (Å²) in [5, 5.41) is 12.9. The second kappa shape index (κ2) is 7.03. The minimum Gasteiger partial charge on any atom is -0.394 e. The summed E-state index contributed by atoms with van der Waals surface area (Å²) in [4.78, 5) is 4.23. The van der Waals surface area contributed by atoms with Gasteiger partial charge < -0.3 is 10.4 Å². The Morgan fingerprint density at radius 1 is 0.957 bits per heavy atom. The van der Waals surface area contributed by atoms with Gasteiger partial charge in [-0.25, -0.2) is 4.39 Å². The lowest BCUT2D eigenvalue weighted by molar-refractivity contribution is 0.276. The molecule has 1 heterocycles. The van der Waals surface area contributed by atoms with Gasteiger partial charge in [-0.1, -0.05) is 42.5 Å². The van der Waals surface area contributed by atoms with E-state index in [0.717, 1.165) is 22.4 Å². The summed E-state index contributed by atoms with van der Waals surface area (Å²) in [6.07, 6.45) is 3.44. The Kier molecular flexibility index (Phi) is 4.64. The third-order valence-electron chi connectivity index (χ3n) is 3.64. The van der Waals surface area contributed by atoms with Crippen LogP contribution in [0.1, 0.15) is 11.6 Å². The molecule has 1 aromatic heterocycles. The number of aliphatic hydroxyl groups excluding tert-OH is 1. The predicted octanol–water partition coefficient (Wildman–Crippen LogP) is 4.03. The van der Waals surface area contributed by atoms with E-state index in [1.54, 1.807) is 24.5 Å². The zero-order chi connectivity index (χ0) is 16.1. The van der Waals surface area contributed by atoms with E-state index in [1.165, 1.54) is 12.1 Å². The van der Waals surface area contributed by atoms with Crippen molar-refractivity contribution in [3.05, 3.63) is 84.4 Å². The van der Waals surface area contributed by atoms with Crippen molar-refractivity contribution in [1.82, 2.24) is 4.98 Å². The van der Waals surface area contributed by atoms with Gasteiger partial charge in [0, 0.05) is 18.0 Å². The standard InChI is InChI=1S/C19H17FN2O/c20-17-8-6-14(7-9-17)16-10-18(12-21-11-16)22-19(13-23)15-4-2-1-3-5-15/h1-12,19,22-23H,13H2. The van der Waals surface area contributed by atoms with Crippen LogP contribution in [0.2, 0.25) is 0 Å². The normalized spacial score (nSPS) is 11.9. The highest BCUT2D eigenvalue weighted by atomic mass is 19.1. The van der Waals surface area contributed by atoms with Crippen LogP contribution in [-0.4, -0.2) is 16.7 Å². The van der Waals surface area contributed by atoms with E-state index >= 15 is 0 Å². The fourth-order valence-electron chi connectivity index (χ4n) is 2.44. The van der Waals surface area contributed by atoms with Gasteiger partial charge in [-0.2, -0.15) is 0 Å². The maximum atomic E-state index is 13.0. The van der Waals surface area contributed by atoms with E-state index in [9.17, 15) is 9.50 Å². The minimum absolute atomic E-state index is 0.0230. The lowest BCUT2D eigenvalue weighted by Crippen LogP contribution is -2.14. The van der Waals surface area contributed by atoms with Gasteiger partial charge in [0.15, 0.2) is 0 Å². The number of nitrogens with one attached hydrogen (secondary N) is 1. The summed E-state index contributed by atoms with van der Waals surface area (Å²) in [6.45, 7) is -0.0230. The van der Waals surface area contributed by atoms with Crippen molar-refractivity contribution < 1.29 is 9.50 Å². The molecule has 4 heteroatoms. The number of rotatable bonds is 5. The van der Waals surface area contributed by atoms with Gasteiger partial charge in [0.2, 0.25) is 0 Å². The average Bonchev–Trinajstić information content (AvgIpc) is 2.61. The molecule has 0 aliphatic heterocycles. The molecule has 0 aliphatic rings. The highest BCUT2D eigenvalue weighted by molar-refractivity contribution is 5.66. The maximum Gasteiger partial charge on any atom is 0.123 e. The molecule has 0 saturated carbocycles. The third-order valence-corrected chi connectivity index (χ3v) is 3.64. The van der Waals surface area contributed by atoms with Crippen molar-refractivity contribution in [3.8, 4) is 11.1 Å². The van der Waals surface area contributed by atoms with Crippen LogP contribution in [0.3, 0.4) is 0 Å². The first-order chi connectivity index (χ1) is 11.3. The minimum atomic E-state index is -0.264. The first-order valence-electron chi connectivity index (χ1n) is 7.39. The van der Waals surface area contributed by atoms with E-state index in [0.29, 0.717) is 0 Å². The van der Waals surface area contributed by atoms with Gasteiger partial charge in [-0.15, -0.1) is 0 Å². The fourth-order valence-corrected chi connectivity index (χ4v) is 2.44. The molecule has 3 nitrogen and oxygen atoms in total. The average molecular weight is 308 g/mol. The third kappa shape index (κ3) is 3.73. The molecule has 3 aromatic rings. The molecular formula is C19H17FN2O.